The lowest BCUT2D eigenvalue weighted by Crippen LogP contribution is -2.49. The number of aromatic amines is 1. The normalized spacial score (nSPS) is 12.2. The van der Waals surface area contributed by atoms with Crippen molar-refractivity contribution in [2.75, 3.05) is 7.11 Å². The molecular formula is C22H19N2O5-. The van der Waals surface area contributed by atoms with Crippen LogP contribution < -0.4 is 15.2 Å². The van der Waals surface area contributed by atoms with Crippen LogP contribution in [0.4, 0.5) is 0 Å². The molecule has 7 nitrogen and oxygen atoms in total. The van der Waals surface area contributed by atoms with Crippen LogP contribution >= 0.6 is 0 Å². The number of aliphatic carboxylic acids is 1. The van der Waals surface area contributed by atoms with Crippen LogP contribution in [0.25, 0.3) is 21.9 Å². The molecule has 0 bridgehead atoms. The van der Waals surface area contributed by atoms with Crippen LogP contribution in [0.1, 0.15) is 11.1 Å². The maximum absolute atomic E-state index is 12.5. The molecule has 1 amide bonds. The van der Waals surface area contributed by atoms with E-state index in [1.165, 1.54) is 6.26 Å². The lowest BCUT2D eigenvalue weighted by Gasteiger charge is -2.19. The van der Waals surface area contributed by atoms with Crippen molar-refractivity contribution in [3.63, 3.8) is 0 Å². The quantitative estimate of drug-likeness (QED) is 0.501. The van der Waals surface area contributed by atoms with Gasteiger partial charge in [-0.25, -0.2) is 0 Å². The zero-order valence-electron chi connectivity index (χ0n) is 15.7. The number of aromatic nitrogens is 1. The van der Waals surface area contributed by atoms with Crippen molar-refractivity contribution < 1.29 is 23.8 Å². The third-order valence-electron chi connectivity index (χ3n) is 4.93. The highest BCUT2D eigenvalue weighted by Crippen LogP contribution is 2.26. The first-order valence-electron chi connectivity index (χ1n) is 9.14. The van der Waals surface area contributed by atoms with Crippen molar-refractivity contribution in [1.29, 1.82) is 0 Å². The van der Waals surface area contributed by atoms with Crippen molar-refractivity contribution in [3.8, 4) is 5.75 Å². The molecule has 148 valence electrons. The van der Waals surface area contributed by atoms with Gasteiger partial charge in [-0.1, -0.05) is 18.2 Å². The lowest BCUT2D eigenvalue weighted by molar-refractivity contribution is -0.308. The van der Waals surface area contributed by atoms with Crippen molar-refractivity contribution in [1.82, 2.24) is 10.3 Å². The number of carboxylic acid groups (broad SMARTS) is 1. The lowest BCUT2D eigenvalue weighted by atomic mass is 10.0. The van der Waals surface area contributed by atoms with Gasteiger partial charge in [0.05, 0.1) is 31.8 Å². The van der Waals surface area contributed by atoms with Gasteiger partial charge in [-0.05, 0) is 23.8 Å². The highest BCUT2D eigenvalue weighted by Gasteiger charge is 2.18. The molecule has 2 heterocycles. The van der Waals surface area contributed by atoms with Gasteiger partial charge >= 0.3 is 0 Å². The van der Waals surface area contributed by atoms with Gasteiger partial charge in [0.15, 0.2) is 0 Å². The highest BCUT2D eigenvalue weighted by molar-refractivity contribution is 5.90. The molecule has 0 aliphatic carbocycles. The van der Waals surface area contributed by atoms with Crippen LogP contribution in [0, 0.1) is 0 Å². The number of nitrogens with one attached hydrogen (secondary N) is 2. The number of carbonyl (C=O) groups is 2. The molecule has 4 aromatic rings. The van der Waals surface area contributed by atoms with Crippen LogP contribution in [-0.2, 0) is 22.4 Å². The number of carboxylic acids is 1. The minimum atomic E-state index is -1.33. The molecule has 4 rings (SSSR count). The Labute approximate surface area is 166 Å². The summed E-state index contributed by atoms with van der Waals surface area (Å²) in [5, 5.41) is 15.9. The van der Waals surface area contributed by atoms with E-state index >= 15 is 0 Å². The van der Waals surface area contributed by atoms with Gasteiger partial charge in [0.25, 0.3) is 0 Å². The summed E-state index contributed by atoms with van der Waals surface area (Å²) in [4.78, 5) is 27.2. The summed E-state index contributed by atoms with van der Waals surface area (Å²) < 4.78 is 10.6. The largest absolute Gasteiger partial charge is 0.548 e. The van der Waals surface area contributed by atoms with Crippen LogP contribution in [0.3, 0.4) is 0 Å². The second-order valence-corrected chi connectivity index (χ2v) is 6.80. The summed E-state index contributed by atoms with van der Waals surface area (Å²) in [6.45, 7) is 0. The summed E-state index contributed by atoms with van der Waals surface area (Å²) in [7, 11) is 1.56. The average molecular weight is 391 g/mol. The number of methoxy groups -OCH3 is 1. The molecule has 0 aliphatic heterocycles. The van der Waals surface area contributed by atoms with Crippen molar-refractivity contribution in [2.24, 2.45) is 0 Å². The summed E-state index contributed by atoms with van der Waals surface area (Å²) >= 11 is 0. The maximum Gasteiger partial charge on any atom is 0.225 e. The fraction of sp³-hybridized carbons (Fsp3) is 0.182. The predicted octanol–water partition coefficient (Wildman–Crippen LogP) is 1.94. The Morgan fingerprint density at radius 1 is 1.17 bits per heavy atom. The monoisotopic (exact) mass is 391 g/mol. The Balaban J connectivity index is 1.49. The number of fused-ring (bicyclic) bond motifs is 2. The topological polar surface area (TPSA) is 107 Å². The van der Waals surface area contributed by atoms with E-state index in [0.29, 0.717) is 16.9 Å². The Morgan fingerprint density at radius 2 is 2.00 bits per heavy atom. The van der Waals surface area contributed by atoms with Gasteiger partial charge in [0.2, 0.25) is 5.91 Å². The van der Waals surface area contributed by atoms with Gasteiger partial charge in [-0.3, -0.25) is 4.79 Å². The molecule has 0 aliphatic rings. The number of hydrogen-bond donors (Lipinski definition) is 2. The van der Waals surface area contributed by atoms with Crippen LogP contribution in [-0.4, -0.2) is 30.0 Å². The molecule has 0 unspecified atom stereocenters. The van der Waals surface area contributed by atoms with E-state index in [-0.39, 0.29) is 12.8 Å². The Kier molecular flexibility index (Phi) is 4.95. The van der Waals surface area contributed by atoms with Crippen molar-refractivity contribution >= 4 is 33.7 Å². The summed E-state index contributed by atoms with van der Waals surface area (Å²) in [6, 6.07) is 11.8. The number of benzene rings is 2. The summed E-state index contributed by atoms with van der Waals surface area (Å²) in [6.07, 6.45) is 3.37. The molecule has 0 saturated heterocycles. The molecule has 2 N–H and O–H groups in total. The number of carbonyl (C=O) groups excluding carboxylic acids is 2. The van der Waals surface area contributed by atoms with Crippen molar-refractivity contribution in [2.45, 2.75) is 18.9 Å². The molecule has 7 heteroatoms. The molecular weight excluding hydrogens is 372 g/mol. The standard InChI is InChI=1S/C22H20N2O5/c1-28-15-6-7-17-14(12-29-20(17)10-15)9-21(25)24-19(22(26)27)8-13-11-23-18-5-3-2-4-16(13)18/h2-7,10-12,19,23H,8-9H2,1H3,(H,24,25)(H,26,27)/p-1/t19-/m0/s1. The van der Waals surface area contributed by atoms with Gasteiger partial charge in [-0.15, -0.1) is 0 Å². The van der Waals surface area contributed by atoms with Gasteiger partial charge in [-0.2, -0.15) is 0 Å². The Bertz CT molecular complexity index is 1190. The van der Waals surface area contributed by atoms with Crippen LogP contribution in [0.15, 0.2) is 59.3 Å². The third-order valence-corrected chi connectivity index (χ3v) is 4.93. The smallest absolute Gasteiger partial charge is 0.225 e. The number of rotatable bonds is 7. The summed E-state index contributed by atoms with van der Waals surface area (Å²) in [5.74, 6) is -1.10. The first-order valence-corrected chi connectivity index (χ1v) is 9.14. The second-order valence-electron chi connectivity index (χ2n) is 6.80. The zero-order chi connectivity index (χ0) is 20.4. The van der Waals surface area contributed by atoms with E-state index < -0.39 is 17.9 Å². The minimum Gasteiger partial charge on any atom is -0.548 e. The number of furan rings is 1. The predicted molar refractivity (Wildman–Crippen MR) is 105 cm³/mol. The SMILES string of the molecule is COc1ccc2c(CC(=O)N[C@@H](Cc3c[nH]c4ccccc34)C(=O)[O-])coc2c1. The van der Waals surface area contributed by atoms with Crippen molar-refractivity contribution in [3.05, 3.63) is 66.1 Å². The number of hydrogen-bond acceptors (Lipinski definition) is 5. The number of ether oxygens (including phenoxy) is 1. The average Bonchev–Trinajstić information content (AvgIpc) is 3.31. The summed E-state index contributed by atoms with van der Waals surface area (Å²) in [5.41, 5.74) is 2.98. The Hall–Kier alpha value is -3.74. The molecule has 1 atom stereocenters. The number of H-pyrrole nitrogens is 1. The molecule has 2 aromatic carbocycles. The van der Waals surface area contributed by atoms with Gasteiger partial charge < -0.3 is 29.4 Å². The third kappa shape index (κ3) is 3.80. The van der Waals surface area contributed by atoms with E-state index in [4.69, 9.17) is 9.15 Å². The zero-order valence-corrected chi connectivity index (χ0v) is 15.7. The Morgan fingerprint density at radius 3 is 2.79 bits per heavy atom. The number of amides is 1. The maximum atomic E-state index is 12.5. The molecule has 0 saturated carbocycles. The molecule has 0 radical (unpaired) electrons. The first kappa shape index (κ1) is 18.6. The molecule has 0 fully saturated rings. The van der Waals surface area contributed by atoms with Gasteiger partial charge in [0, 0.05) is 40.5 Å². The second kappa shape index (κ2) is 7.71. The van der Waals surface area contributed by atoms with E-state index in [1.807, 2.05) is 30.3 Å². The highest BCUT2D eigenvalue weighted by atomic mass is 16.5. The van der Waals surface area contributed by atoms with E-state index in [9.17, 15) is 14.7 Å². The number of para-hydroxylation sites is 1. The molecule has 29 heavy (non-hydrogen) atoms. The van der Waals surface area contributed by atoms with Gasteiger partial charge in [0.1, 0.15) is 11.3 Å². The molecule has 2 aromatic heterocycles. The van der Waals surface area contributed by atoms with Crippen LogP contribution in [0.2, 0.25) is 0 Å². The van der Waals surface area contributed by atoms with E-state index in [0.717, 1.165) is 21.9 Å². The fourth-order valence-corrected chi connectivity index (χ4v) is 3.46. The van der Waals surface area contributed by atoms with E-state index in [2.05, 4.69) is 10.3 Å². The van der Waals surface area contributed by atoms with Crippen LogP contribution in [0.5, 0.6) is 5.75 Å². The first-order chi connectivity index (χ1) is 14.0. The molecule has 0 spiro atoms. The van der Waals surface area contributed by atoms with E-state index in [1.54, 1.807) is 25.4 Å². The fourth-order valence-electron chi connectivity index (χ4n) is 3.46. The minimum absolute atomic E-state index is 0.00298.